The van der Waals surface area contributed by atoms with E-state index >= 15 is 0 Å². The van der Waals surface area contributed by atoms with Crippen molar-refractivity contribution in [3.05, 3.63) is 58.1 Å². The molecule has 6 nitrogen and oxygen atoms in total. The second-order valence-corrected chi connectivity index (χ2v) is 6.72. The van der Waals surface area contributed by atoms with Crippen LogP contribution in [0.15, 0.2) is 41.8 Å². The summed E-state index contributed by atoms with van der Waals surface area (Å²) in [5.74, 6) is -0.654. The molecule has 0 spiro atoms. The number of ether oxygens (including phenoxy) is 1. The van der Waals surface area contributed by atoms with E-state index in [2.05, 4.69) is 10.3 Å². The summed E-state index contributed by atoms with van der Waals surface area (Å²) in [5.41, 5.74) is 1.76. The van der Waals surface area contributed by atoms with Gasteiger partial charge in [0.05, 0.1) is 12.1 Å². The van der Waals surface area contributed by atoms with Crippen molar-refractivity contribution in [3.63, 3.8) is 0 Å². The summed E-state index contributed by atoms with van der Waals surface area (Å²) >= 11 is 1.41. The summed E-state index contributed by atoms with van der Waals surface area (Å²) in [6.45, 7) is 4.14. The van der Waals surface area contributed by atoms with Crippen LogP contribution in [0.25, 0.3) is 0 Å². The number of carbonyl (C=O) groups is 2. The molecule has 2 aromatic rings. The highest BCUT2D eigenvalue weighted by molar-refractivity contribution is 7.09. The molecule has 0 saturated carbocycles. The molecule has 0 aliphatic carbocycles. The Morgan fingerprint density at radius 2 is 2.08 bits per heavy atom. The zero-order valence-electron chi connectivity index (χ0n) is 14.8. The van der Waals surface area contributed by atoms with Gasteiger partial charge in [-0.3, -0.25) is 4.79 Å². The third-order valence-electron chi connectivity index (χ3n) is 3.57. The van der Waals surface area contributed by atoms with E-state index in [-0.39, 0.29) is 18.7 Å². The number of carbonyl (C=O) groups excluding carboxylic acids is 1. The summed E-state index contributed by atoms with van der Waals surface area (Å²) in [6, 6.07) is 6.81. The van der Waals surface area contributed by atoms with E-state index in [4.69, 9.17) is 9.84 Å². The van der Waals surface area contributed by atoms with Crippen LogP contribution in [0.5, 0.6) is 5.75 Å². The Hall–Kier alpha value is -2.67. The minimum Gasteiger partial charge on any atom is -0.486 e. The number of hydrogen-bond donors (Lipinski definition) is 2. The molecule has 0 aliphatic heterocycles. The summed E-state index contributed by atoms with van der Waals surface area (Å²) in [7, 11) is 0. The molecule has 1 amide bonds. The first-order valence-corrected chi connectivity index (χ1v) is 9.12. The van der Waals surface area contributed by atoms with Gasteiger partial charge in [-0.15, -0.1) is 11.3 Å². The fraction of sp³-hybridized carbons (Fsp3) is 0.316. The molecule has 1 aromatic carbocycles. The first-order chi connectivity index (χ1) is 12.5. The minimum absolute atomic E-state index is 0.0423. The van der Waals surface area contributed by atoms with Crippen molar-refractivity contribution in [2.45, 2.75) is 39.3 Å². The van der Waals surface area contributed by atoms with Gasteiger partial charge in [0.1, 0.15) is 23.4 Å². The first-order valence-electron chi connectivity index (χ1n) is 8.24. The predicted molar refractivity (Wildman–Crippen MR) is 100 cm³/mol. The smallest absolute Gasteiger partial charge is 0.326 e. The normalized spacial score (nSPS) is 12.1. The summed E-state index contributed by atoms with van der Waals surface area (Å²) in [6.07, 6.45) is 3.76. The lowest BCUT2D eigenvalue weighted by molar-refractivity contribution is -0.141. The number of allylic oxidation sites excluding steroid dienone is 1. The first kappa shape index (κ1) is 19.7. The number of carboxylic acids is 1. The zero-order chi connectivity index (χ0) is 18.9. The number of nitrogens with zero attached hydrogens (tertiary/aromatic N) is 1. The number of aliphatic carboxylic acids is 1. The molecular weight excluding hydrogens is 352 g/mol. The van der Waals surface area contributed by atoms with Gasteiger partial charge in [-0.1, -0.05) is 29.8 Å². The highest BCUT2D eigenvalue weighted by Gasteiger charge is 2.19. The lowest BCUT2D eigenvalue weighted by atomic mass is 10.2. The van der Waals surface area contributed by atoms with Crippen LogP contribution in [0, 0.1) is 6.92 Å². The van der Waals surface area contributed by atoms with Gasteiger partial charge < -0.3 is 15.2 Å². The average molecular weight is 374 g/mol. The van der Waals surface area contributed by atoms with Crippen molar-refractivity contribution in [1.29, 1.82) is 0 Å². The number of nitrogens with one attached hydrogen (secondary N) is 1. The Morgan fingerprint density at radius 1 is 1.35 bits per heavy atom. The maximum Gasteiger partial charge on any atom is 0.326 e. The van der Waals surface area contributed by atoms with Crippen LogP contribution in [0.3, 0.4) is 0 Å². The van der Waals surface area contributed by atoms with Crippen molar-refractivity contribution in [3.8, 4) is 5.75 Å². The quantitative estimate of drug-likeness (QED) is 0.659. The molecule has 0 saturated heterocycles. The SMILES string of the molecule is C/C=C/CC(NC(=O)Cc1csc(COc2ccc(C)cc2)n1)C(=O)O. The molecule has 0 aliphatic rings. The van der Waals surface area contributed by atoms with Crippen molar-refractivity contribution in [2.24, 2.45) is 0 Å². The molecule has 2 rings (SSSR count). The van der Waals surface area contributed by atoms with E-state index in [9.17, 15) is 9.59 Å². The van der Waals surface area contributed by atoms with Gasteiger partial charge >= 0.3 is 5.97 Å². The third kappa shape index (κ3) is 6.33. The van der Waals surface area contributed by atoms with Gasteiger partial charge in [0, 0.05) is 5.38 Å². The third-order valence-corrected chi connectivity index (χ3v) is 4.44. The summed E-state index contributed by atoms with van der Waals surface area (Å²) in [5, 5.41) is 14.2. The average Bonchev–Trinajstić information content (AvgIpc) is 3.05. The number of aryl methyl sites for hydroxylation is 1. The molecule has 0 radical (unpaired) electrons. The van der Waals surface area contributed by atoms with E-state index < -0.39 is 12.0 Å². The molecule has 2 N–H and O–H groups in total. The largest absolute Gasteiger partial charge is 0.486 e. The summed E-state index contributed by atoms with van der Waals surface area (Å²) in [4.78, 5) is 27.6. The van der Waals surface area contributed by atoms with E-state index in [1.54, 1.807) is 24.5 Å². The highest BCUT2D eigenvalue weighted by Crippen LogP contribution is 2.16. The molecule has 1 unspecified atom stereocenters. The molecule has 0 fully saturated rings. The molecular formula is C19H22N2O4S. The van der Waals surface area contributed by atoms with Crippen molar-refractivity contribution in [2.75, 3.05) is 0 Å². The molecule has 26 heavy (non-hydrogen) atoms. The van der Waals surface area contributed by atoms with Gasteiger partial charge in [-0.25, -0.2) is 9.78 Å². The van der Waals surface area contributed by atoms with Crippen LogP contribution < -0.4 is 10.1 Å². The van der Waals surface area contributed by atoms with E-state index in [0.29, 0.717) is 12.3 Å². The Bertz CT molecular complexity index is 768. The Labute approximate surface area is 156 Å². The number of benzene rings is 1. The monoisotopic (exact) mass is 374 g/mol. The zero-order valence-corrected chi connectivity index (χ0v) is 15.6. The topological polar surface area (TPSA) is 88.5 Å². The van der Waals surface area contributed by atoms with E-state index in [0.717, 1.165) is 16.3 Å². The fourth-order valence-electron chi connectivity index (χ4n) is 2.18. The van der Waals surface area contributed by atoms with Crippen LogP contribution in [-0.2, 0) is 22.6 Å². The summed E-state index contributed by atoms with van der Waals surface area (Å²) < 4.78 is 5.67. The molecule has 0 bridgehead atoms. The lowest BCUT2D eigenvalue weighted by Gasteiger charge is -2.11. The second kappa shape index (κ2) is 9.72. The molecule has 1 heterocycles. The molecule has 1 atom stereocenters. The maximum atomic E-state index is 12.0. The maximum absolute atomic E-state index is 12.0. The van der Waals surface area contributed by atoms with E-state index in [1.165, 1.54) is 11.3 Å². The highest BCUT2D eigenvalue weighted by atomic mass is 32.1. The number of hydrogen-bond acceptors (Lipinski definition) is 5. The van der Waals surface area contributed by atoms with Gasteiger partial charge in [0.15, 0.2) is 0 Å². The molecule has 7 heteroatoms. The Morgan fingerprint density at radius 3 is 2.73 bits per heavy atom. The van der Waals surface area contributed by atoms with Crippen LogP contribution in [0.2, 0.25) is 0 Å². The van der Waals surface area contributed by atoms with Gasteiger partial charge in [-0.05, 0) is 32.4 Å². The molecule has 1 aromatic heterocycles. The van der Waals surface area contributed by atoms with Crippen LogP contribution in [0.4, 0.5) is 0 Å². The Kier molecular flexibility index (Phi) is 7.35. The van der Waals surface area contributed by atoms with Crippen LogP contribution >= 0.6 is 11.3 Å². The Balaban J connectivity index is 1.85. The lowest BCUT2D eigenvalue weighted by Crippen LogP contribution is -2.41. The number of carboxylic acid groups (broad SMARTS) is 1. The van der Waals surface area contributed by atoms with Crippen LogP contribution in [-0.4, -0.2) is 28.0 Å². The van der Waals surface area contributed by atoms with Gasteiger partial charge in [0.25, 0.3) is 0 Å². The fourth-order valence-corrected chi connectivity index (χ4v) is 2.88. The number of rotatable bonds is 9. The minimum atomic E-state index is -1.05. The standard InChI is InChI=1S/C19H22N2O4S/c1-3-4-5-16(19(23)24)21-17(22)10-14-12-26-18(20-14)11-25-15-8-6-13(2)7-9-15/h3-4,6-9,12,16H,5,10-11H2,1-2H3,(H,21,22)(H,23,24)/b4-3+. The van der Waals surface area contributed by atoms with E-state index in [1.807, 2.05) is 31.2 Å². The number of amides is 1. The van der Waals surface area contributed by atoms with Gasteiger partial charge in [-0.2, -0.15) is 0 Å². The van der Waals surface area contributed by atoms with Gasteiger partial charge in [0.2, 0.25) is 5.91 Å². The number of thiazole rings is 1. The van der Waals surface area contributed by atoms with Crippen molar-refractivity contribution >= 4 is 23.2 Å². The number of aromatic nitrogens is 1. The van der Waals surface area contributed by atoms with Crippen LogP contribution in [0.1, 0.15) is 29.6 Å². The molecule has 138 valence electrons. The second-order valence-electron chi connectivity index (χ2n) is 5.77. The predicted octanol–water partition coefficient (Wildman–Crippen LogP) is 3.11. The van der Waals surface area contributed by atoms with Crippen molar-refractivity contribution < 1.29 is 19.4 Å². The van der Waals surface area contributed by atoms with Crippen molar-refractivity contribution in [1.82, 2.24) is 10.3 Å².